The minimum Gasteiger partial charge on any atom is -0.466 e. The fraction of sp³-hybridized carbons (Fsp3) is 0.550. The van der Waals surface area contributed by atoms with E-state index in [0.717, 1.165) is 18.4 Å². The minimum atomic E-state index is -0.350. The topological polar surface area (TPSA) is 63.7 Å². The van der Waals surface area contributed by atoms with Gasteiger partial charge in [-0.25, -0.2) is 0 Å². The van der Waals surface area contributed by atoms with E-state index in [0.29, 0.717) is 18.7 Å². The molecule has 5 heteroatoms. The summed E-state index contributed by atoms with van der Waals surface area (Å²) in [5.41, 5.74) is 1.73. The van der Waals surface area contributed by atoms with Gasteiger partial charge in [-0.05, 0) is 26.7 Å². The van der Waals surface area contributed by atoms with Gasteiger partial charge in [0.1, 0.15) is 0 Å². The Morgan fingerprint density at radius 1 is 1.16 bits per heavy atom. The maximum Gasteiger partial charge on any atom is 0.310 e. The fourth-order valence-corrected chi connectivity index (χ4v) is 2.74. The molecule has 0 aromatic heterocycles. The summed E-state index contributed by atoms with van der Waals surface area (Å²) in [6, 6.07) is 7.59. The molecule has 1 aromatic rings. The van der Waals surface area contributed by atoms with E-state index < -0.39 is 0 Å². The van der Waals surface area contributed by atoms with Crippen LogP contribution in [0.5, 0.6) is 0 Å². The number of carbonyl (C=O) groups is 3. The predicted molar refractivity (Wildman–Crippen MR) is 95.3 cm³/mol. The van der Waals surface area contributed by atoms with E-state index in [2.05, 4.69) is 0 Å². The molecular weight excluding hydrogens is 318 g/mol. The molecule has 1 saturated carbocycles. The minimum absolute atomic E-state index is 0.0254. The van der Waals surface area contributed by atoms with E-state index in [1.165, 1.54) is 0 Å². The summed E-state index contributed by atoms with van der Waals surface area (Å²) in [5.74, 6) is -0.712. The molecule has 2 rings (SSSR count). The van der Waals surface area contributed by atoms with Crippen molar-refractivity contribution in [2.24, 2.45) is 5.92 Å². The molecule has 0 bridgehead atoms. The molecule has 136 valence electrons. The number of nitrogens with zero attached hydrogens (tertiary/aromatic N) is 1. The monoisotopic (exact) mass is 345 g/mol. The zero-order valence-corrected chi connectivity index (χ0v) is 15.3. The zero-order chi connectivity index (χ0) is 18.4. The largest absolute Gasteiger partial charge is 0.466 e. The van der Waals surface area contributed by atoms with Crippen molar-refractivity contribution >= 4 is 17.7 Å². The Kier molecular flexibility index (Phi) is 6.73. The summed E-state index contributed by atoms with van der Waals surface area (Å²) in [6.45, 7) is 6.21. The third kappa shape index (κ3) is 5.69. The van der Waals surface area contributed by atoms with Gasteiger partial charge in [0.25, 0.3) is 0 Å². The Labute approximate surface area is 149 Å². The molecule has 0 heterocycles. The maximum atomic E-state index is 12.6. The Balaban J connectivity index is 1.88. The third-order valence-corrected chi connectivity index (χ3v) is 4.41. The van der Waals surface area contributed by atoms with Gasteiger partial charge in [0.2, 0.25) is 5.91 Å². The SMILES string of the molecule is CCOC(=O)C(C)CN(C(=O)CCC(=O)c1ccc(C)cc1)C1CC1. The van der Waals surface area contributed by atoms with Crippen LogP contribution in [-0.4, -0.2) is 41.8 Å². The van der Waals surface area contributed by atoms with E-state index >= 15 is 0 Å². The first-order valence-electron chi connectivity index (χ1n) is 8.98. The summed E-state index contributed by atoms with van der Waals surface area (Å²) < 4.78 is 5.02. The number of ether oxygens (including phenoxy) is 1. The van der Waals surface area contributed by atoms with Gasteiger partial charge < -0.3 is 9.64 Å². The lowest BCUT2D eigenvalue weighted by molar-refractivity contribution is -0.149. The first-order chi connectivity index (χ1) is 11.9. The summed E-state index contributed by atoms with van der Waals surface area (Å²) in [5, 5.41) is 0. The number of aryl methyl sites for hydroxylation is 1. The average Bonchev–Trinajstić information content (AvgIpc) is 3.42. The highest BCUT2D eigenvalue weighted by Crippen LogP contribution is 2.28. The van der Waals surface area contributed by atoms with Crippen molar-refractivity contribution in [1.29, 1.82) is 0 Å². The first kappa shape index (κ1) is 19.2. The molecule has 1 amide bonds. The second-order valence-corrected chi connectivity index (χ2v) is 6.72. The molecule has 1 aromatic carbocycles. The van der Waals surface area contributed by atoms with Crippen molar-refractivity contribution in [3.8, 4) is 0 Å². The van der Waals surface area contributed by atoms with Gasteiger partial charge in [-0.2, -0.15) is 0 Å². The summed E-state index contributed by atoms with van der Waals surface area (Å²) in [4.78, 5) is 38.4. The number of benzene rings is 1. The second kappa shape index (κ2) is 8.79. The lowest BCUT2D eigenvalue weighted by atomic mass is 10.0. The highest BCUT2D eigenvalue weighted by molar-refractivity contribution is 5.98. The Hall–Kier alpha value is -2.17. The van der Waals surface area contributed by atoms with E-state index in [1.807, 2.05) is 19.1 Å². The van der Waals surface area contributed by atoms with Crippen LogP contribution in [0.1, 0.15) is 55.5 Å². The molecule has 25 heavy (non-hydrogen) atoms. The summed E-state index contributed by atoms with van der Waals surface area (Å²) >= 11 is 0. The van der Waals surface area contributed by atoms with Crippen LogP contribution in [0.15, 0.2) is 24.3 Å². The van der Waals surface area contributed by atoms with Crippen molar-refractivity contribution in [2.45, 2.75) is 52.5 Å². The van der Waals surface area contributed by atoms with Gasteiger partial charge >= 0.3 is 5.97 Å². The highest BCUT2D eigenvalue weighted by Gasteiger charge is 2.34. The normalized spacial score (nSPS) is 14.7. The fourth-order valence-electron chi connectivity index (χ4n) is 2.74. The van der Waals surface area contributed by atoms with E-state index in [9.17, 15) is 14.4 Å². The van der Waals surface area contributed by atoms with Crippen LogP contribution in [0.3, 0.4) is 0 Å². The van der Waals surface area contributed by atoms with E-state index in [-0.39, 0.29) is 42.5 Å². The van der Waals surface area contributed by atoms with Crippen LogP contribution in [0, 0.1) is 12.8 Å². The van der Waals surface area contributed by atoms with Crippen molar-refractivity contribution < 1.29 is 19.1 Å². The van der Waals surface area contributed by atoms with Gasteiger partial charge in [0.15, 0.2) is 5.78 Å². The number of ketones is 1. The second-order valence-electron chi connectivity index (χ2n) is 6.72. The molecule has 0 spiro atoms. The molecule has 0 aliphatic heterocycles. The number of carbonyl (C=O) groups excluding carboxylic acids is 3. The van der Waals surface area contributed by atoms with Gasteiger partial charge in [-0.3, -0.25) is 14.4 Å². The van der Waals surface area contributed by atoms with Gasteiger partial charge in [-0.1, -0.05) is 36.8 Å². The molecule has 0 N–H and O–H groups in total. The van der Waals surface area contributed by atoms with Gasteiger partial charge in [-0.15, -0.1) is 0 Å². The van der Waals surface area contributed by atoms with Crippen molar-refractivity contribution in [3.63, 3.8) is 0 Å². The van der Waals surface area contributed by atoms with Crippen LogP contribution in [0.2, 0.25) is 0 Å². The Bertz CT molecular complexity index is 619. The molecule has 1 aliphatic rings. The molecule has 1 aliphatic carbocycles. The van der Waals surface area contributed by atoms with Crippen LogP contribution >= 0.6 is 0 Å². The number of hydrogen-bond acceptors (Lipinski definition) is 4. The smallest absolute Gasteiger partial charge is 0.310 e. The maximum absolute atomic E-state index is 12.6. The number of rotatable bonds is 9. The van der Waals surface area contributed by atoms with Crippen molar-refractivity contribution in [3.05, 3.63) is 35.4 Å². The molecular formula is C20H27NO4. The van der Waals surface area contributed by atoms with Crippen molar-refractivity contribution in [1.82, 2.24) is 4.90 Å². The molecule has 0 radical (unpaired) electrons. The van der Waals surface area contributed by atoms with E-state index in [1.54, 1.807) is 30.9 Å². The zero-order valence-electron chi connectivity index (χ0n) is 15.3. The highest BCUT2D eigenvalue weighted by atomic mass is 16.5. The lowest BCUT2D eigenvalue weighted by Crippen LogP contribution is -2.39. The molecule has 0 saturated heterocycles. The number of amides is 1. The number of hydrogen-bond donors (Lipinski definition) is 0. The first-order valence-corrected chi connectivity index (χ1v) is 8.98. The standard InChI is InChI=1S/C20H27NO4/c1-4-25-20(24)15(3)13-21(17-9-10-17)19(23)12-11-18(22)16-7-5-14(2)6-8-16/h5-8,15,17H,4,9-13H2,1-3H3. The number of esters is 1. The van der Waals surface area contributed by atoms with Crippen LogP contribution in [-0.2, 0) is 14.3 Å². The van der Waals surface area contributed by atoms with Crippen LogP contribution in [0.25, 0.3) is 0 Å². The quantitative estimate of drug-likeness (QED) is 0.509. The summed E-state index contributed by atoms with van der Waals surface area (Å²) in [7, 11) is 0. The average molecular weight is 345 g/mol. The van der Waals surface area contributed by atoms with E-state index in [4.69, 9.17) is 4.74 Å². The number of Topliss-reactive ketones (excluding diaryl/α,β-unsaturated/α-hetero) is 1. The van der Waals surface area contributed by atoms with Crippen LogP contribution < -0.4 is 0 Å². The Morgan fingerprint density at radius 2 is 1.80 bits per heavy atom. The third-order valence-electron chi connectivity index (χ3n) is 4.41. The molecule has 1 fully saturated rings. The summed E-state index contributed by atoms with van der Waals surface area (Å²) in [6.07, 6.45) is 2.30. The van der Waals surface area contributed by atoms with Gasteiger partial charge in [0.05, 0.1) is 12.5 Å². The Morgan fingerprint density at radius 3 is 2.36 bits per heavy atom. The van der Waals surface area contributed by atoms with Crippen molar-refractivity contribution in [2.75, 3.05) is 13.2 Å². The van der Waals surface area contributed by atoms with Crippen LogP contribution in [0.4, 0.5) is 0 Å². The molecule has 5 nitrogen and oxygen atoms in total. The molecule has 1 atom stereocenters. The molecule has 1 unspecified atom stereocenters. The van der Waals surface area contributed by atoms with Gasteiger partial charge in [0, 0.05) is 31.0 Å². The predicted octanol–water partition coefficient (Wildman–Crippen LogP) is 3.15. The lowest BCUT2D eigenvalue weighted by Gasteiger charge is -2.25.